The molecular weight excluding hydrogens is 533 g/mol. The van der Waals surface area contributed by atoms with Crippen molar-refractivity contribution in [3.63, 3.8) is 0 Å². The van der Waals surface area contributed by atoms with Crippen molar-refractivity contribution >= 4 is 17.2 Å². The largest absolute Gasteiger partial charge is 0.336 e. The number of fused-ring (bicyclic) bond motifs is 1. The first-order chi connectivity index (χ1) is 20.3. The Morgan fingerprint density at radius 2 is 1.71 bits per heavy atom. The third-order valence-corrected chi connectivity index (χ3v) is 7.89. The minimum Gasteiger partial charge on any atom is -0.336 e. The zero-order valence-electron chi connectivity index (χ0n) is 23.5. The topological polar surface area (TPSA) is 84.0 Å². The van der Waals surface area contributed by atoms with Crippen LogP contribution in [-0.2, 0) is 6.54 Å². The summed E-state index contributed by atoms with van der Waals surface area (Å²) < 4.78 is 16.3. The van der Waals surface area contributed by atoms with E-state index in [0.29, 0.717) is 44.0 Å². The number of benzene rings is 3. The van der Waals surface area contributed by atoms with Gasteiger partial charge in [0.15, 0.2) is 0 Å². The monoisotopic (exact) mass is 563 g/mol. The lowest BCUT2D eigenvalue weighted by Gasteiger charge is -2.34. The number of imidazole rings is 1. The van der Waals surface area contributed by atoms with Crippen LogP contribution in [0.1, 0.15) is 27.2 Å². The molecule has 9 heteroatoms. The molecule has 0 unspecified atom stereocenters. The van der Waals surface area contributed by atoms with Gasteiger partial charge in [-0.2, -0.15) is 0 Å². The molecular formula is C33H30FN5O3. The number of non-ortho nitro benzene ring substituents is 1. The summed E-state index contributed by atoms with van der Waals surface area (Å²) in [5.41, 5.74) is 7.61. The van der Waals surface area contributed by atoms with E-state index in [4.69, 9.17) is 4.98 Å². The van der Waals surface area contributed by atoms with Crippen LogP contribution in [0, 0.1) is 29.8 Å². The van der Waals surface area contributed by atoms with Crippen molar-refractivity contribution in [2.75, 3.05) is 26.2 Å². The molecule has 2 aromatic heterocycles. The summed E-state index contributed by atoms with van der Waals surface area (Å²) >= 11 is 0. The van der Waals surface area contributed by atoms with Gasteiger partial charge in [-0.3, -0.25) is 19.8 Å². The molecule has 5 aromatic rings. The van der Waals surface area contributed by atoms with Gasteiger partial charge in [0.1, 0.15) is 11.5 Å². The molecule has 0 radical (unpaired) electrons. The average molecular weight is 564 g/mol. The van der Waals surface area contributed by atoms with Crippen molar-refractivity contribution in [1.82, 2.24) is 19.2 Å². The summed E-state index contributed by atoms with van der Waals surface area (Å²) in [6, 6.07) is 23.0. The normalized spacial score (nSPS) is 13.9. The molecule has 6 rings (SSSR count). The lowest BCUT2D eigenvalue weighted by molar-refractivity contribution is -0.384. The fourth-order valence-corrected chi connectivity index (χ4v) is 5.57. The Balaban J connectivity index is 1.35. The molecule has 0 atom stereocenters. The Morgan fingerprint density at radius 3 is 2.48 bits per heavy atom. The summed E-state index contributed by atoms with van der Waals surface area (Å²) in [6.07, 6.45) is 2.08. The van der Waals surface area contributed by atoms with E-state index in [2.05, 4.69) is 53.6 Å². The fraction of sp³-hybridized carbons (Fsp3) is 0.212. The lowest BCUT2D eigenvalue weighted by atomic mass is 10.00. The number of aromatic nitrogens is 2. The van der Waals surface area contributed by atoms with Gasteiger partial charge in [0.25, 0.3) is 11.6 Å². The molecule has 0 aliphatic carbocycles. The number of pyridine rings is 1. The molecule has 0 spiro atoms. The summed E-state index contributed by atoms with van der Waals surface area (Å²) in [5, 5.41) is 11.5. The molecule has 1 aliphatic heterocycles. The van der Waals surface area contributed by atoms with Crippen LogP contribution in [0.15, 0.2) is 85.1 Å². The summed E-state index contributed by atoms with van der Waals surface area (Å²) in [4.78, 5) is 33.0. The Hall–Kier alpha value is -4.89. The number of nitro groups is 1. The first-order valence-electron chi connectivity index (χ1n) is 13.9. The number of rotatable bonds is 6. The molecule has 0 bridgehead atoms. The van der Waals surface area contributed by atoms with E-state index < -0.39 is 10.7 Å². The molecule has 42 heavy (non-hydrogen) atoms. The van der Waals surface area contributed by atoms with Gasteiger partial charge in [-0.1, -0.05) is 48.0 Å². The Labute approximate surface area is 242 Å². The number of nitro benzene ring substituents is 1. The van der Waals surface area contributed by atoms with E-state index in [1.807, 2.05) is 12.1 Å². The van der Waals surface area contributed by atoms with Crippen LogP contribution in [0.3, 0.4) is 0 Å². The summed E-state index contributed by atoms with van der Waals surface area (Å²) in [6.45, 7) is 6.80. The van der Waals surface area contributed by atoms with Crippen molar-refractivity contribution in [2.45, 2.75) is 20.4 Å². The second-order valence-corrected chi connectivity index (χ2v) is 10.7. The van der Waals surface area contributed by atoms with E-state index in [9.17, 15) is 19.3 Å². The number of amides is 1. The molecule has 3 aromatic carbocycles. The number of carbonyl (C=O) groups excluding carboxylic acids is 1. The Kier molecular flexibility index (Phi) is 7.26. The van der Waals surface area contributed by atoms with Crippen molar-refractivity contribution in [1.29, 1.82) is 0 Å². The van der Waals surface area contributed by atoms with Crippen LogP contribution in [0.25, 0.3) is 28.0 Å². The zero-order valence-corrected chi connectivity index (χ0v) is 23.5. The first-order valence-corrected chi connectivity index (χ1v) is 13.9. The molecule has 212 valence electrons. The second-order valence-electron chi connectivity index (χ2n) is 10.7. The molecule has 0 saturated carbocycles. The van der Waals surface area contributed by atoms with Gasteiger partial charge < -0.3 is 9.30 Å². The first kappa shape index (κ1) is 27.3. The number of hydrogen-bond donors (Lipinski definition) is 0. The van der Waals surface area contributed by atoms with Gasteiger partial charge >= 0.3 is 0 Å². The van der Waals surface area contributed by atoms with Crippen LogP contribution in [0.2, 0.25) is 0 Å². The number of piperazine rings is 1. The molecule has 0 N–H and O–H groups in total. The predicted octanol–water partition coefficient (Wildman–Crippen LogP) is 6.29. The zero-order chi connectivity index (χ0) is 29.4. The highest BCUT2D eigenvalue weighted by atomic mass is 19.1. The van der Waals surface area contributed by atoms with E-state index in [-0.39, 0.29) is 17.2 Å². The number of halogens is 1. The molecule has 1 aliphatic rings. The maximum absolute atomic E-state index is 14.2. The molecule has 1 fully saturated rings. The van der Waals surface area contributed by atoms with Crippen LogP contribution in [0.4, 0.5) is 10.1 Å². The summed E-state index contributed by atoms with van der Waals surface area (Å²) in [7, 11) is 0. The van der Waals surface area contributed by atoms with E-state index in [1.165, 1.54) is 23.8 Å². The van der Waals surface area contributed by atoms with E-state index >= 15 is 0 Å². The standard InChI is InChI=1S/C33H30FN5O3/c1-22-10-11-23(2)28(18-22)25-12-13-31-35-32(24-6-5-7-26(19-24)39(41)42)30(38(31)20-25)21-36-14-16-37(17-15-36)33(40)27-8-3-4-9-29(27)34/h3-13,18-20H,14-17,21H2,1-2H3. The van der Waals surface area contributed by atoms with Crippen LogP contribution >= 0.6 is 0 Å². The van der Waals surface area contributed by atoms with Crippen molar-refractivity contribution in [3.8, 4) is 22.4 Å². The highest BCUT2D eigenvalue weighted by molar-refractivity contribution is 5.94. The van der Waals surface area contributed by atoms with Crippen LogP contribution in [0.5, 0.6) is 0 Å². The lowest BCUT2D eigenvalue weighted by Crippen LogP contribution is -2.48. The van der Waals surface area contributed by atoms with Crippen molar-refractivity contribution in [2.24, 2.45) is 0 Å². The molecule has 3 heterocycles. The third-order valence-electron chi connectivity index (χ3n) is 7.89. The fourth-order valence-electron chi connectivity index (χ4n) is 5.57. The van der Waals surface area contributed by atoms with Crippen molar-refractivity contribution < 1.29 is 14.1 Å². The highest BCUT2D eigenvalue weighted by Gasteiger charge is 2.26. The van der Waals surface area contributed by atoms with Gasteiger partial charge in [-0.05, 0) is 54.8 Å². The summed E-state index contributed by atoms with van der Waals surface area (Å²) in [5.74, 6) is -0.824. The van der Waals surface area contributed by atoms with Crippen molar-refractivity contribution in [3.05, 3.63) is 123 Å². The maximum atomic E-state index is 14.2. The van der Waals surface area contributed by atoms with Gasteiger partial charge in [-0.25, -0.2) is 9.37 Å². The Bertz CT molecular complexity index is 1820. The average Bonchev–Trinajstić information content (AvgIpc) is 3.36. The number of hydrogen-bond acceptors (Lipinski definition) is 5. The van der Waals surface area contributed by atoms with Crippen LogP contribution < -0.4 is 0 Å². The number of carbonyl (C=O) groups is 1. The molecule has 1 saturated heterocycles. The Morgan fingerprint density at radius 1 is 0.929 bits per heavy atom. The molecule has 1 amide bonds. The van der Waals surface area contributed by atoms with Crippen LogP contribution in [-0.4, -0.2) is 56.2 Å². The maximum Gasteiger partial charge on any atom is 0.270 e. The minimum atomic E-state index is -0.517. The third kappa shape index (κ3) is 5.26. The minimum absolute atomic E-state index is 0.00634. The predicted molar refractivity (Wildman–Crippen MR) is 160 cm³/mol. The smallest absolute Gasteiger partial charge is 0.270 e. The van der Waals surface area contributed by atoms with Gasteiger partial charge in [0.05, 0.1) is 21.9 Å². The number of nitrogens with zero attached hydrogens (tertiary/aromatic N) is 5. The van der Waals surface area contributed by atoms with Gasteiger partial charge in [0.2, 0.25) is 0 Å². The quantitative estimate of drug-likeness (QED) is 0.179. The number of aryl methyl sites for hydroxylation is 2. The SMILES string of the molecule is Cc1ccc(C)c(-c2ccc3nc(-c4cccc([N+](=O)[O-])c4)c(CN4CCN(C(=O)c5ccccc5F)CC4)n3c2)c1. The second kappa shape index (κ2) is 11.2. The van der Waals surface area contributed by atoms with E-state index in [0.717, 1.165) is 28.0 Å². The van der Waals surface area contributed by atoms with Gasteiger partial charge in [-0.15, -0.1) is 0 Å². The highest BCUT2D eigenvalue weighted by Crippen LogP contribution is 2.31. The van der Waals surface area contributed by atoms with E-state index in [1.54, 1.807) is 29.2 Å². The molecule has 8 nitrogen and oxygen atoms in total. The van der Waals surface area contributed by atoms with Gasteiger partial charge in [0, 0.05) is 56.6 Å².